The lowest BCUT2D eigenvalue weighted by Gasteiger charge is -1.99. The van der Waals surface area contributed by atoms with Gasteiger partial charge in [0.2, 0.25) is 0 Å². The first-order chi connectivity index (χ1) is 6.74. The number of imidazole rings is 1. The van der Waals surface area contributed by atoms with Crippen LogP contribution in [0.1, 0.15) is 5.82 Å². The highest BCUT2D eigenvalue weighted by atomic mass is 35.5. The molecule has 0 unspecified atom stereocenters. The molecule has 5 heteroatoms. The summed E-state index contributed by atoms with van der Waals surface area (Å²) < 4.78 is 14.8. The minimum atomic E-state index is -0.370. The van der Waals surface area contributed by atoms with Gasteiger partial charge in [-0.15, -0.1) is 0 Å². The first-order valence-corrected chi connectivity index (χ1v) is 4.63. The third-order valence-electron chi connectivity index (χ3n) is 2.01. The molecule has 0 saturated heterocycles. The Bertz CT molecular complexity index is 466. The van der Waals surface area contributed by atoms with E-state index in [0.717, 1.165) is 0 Å². The second kappa shape index (κ2) is 3.55. The van der Waals surface area contributed by atoms with E-state index in [1.54, 1.807) is 12.1 Å². The molecule has 0 bridgehead atoms. The summed E-state index contributed by atoms with van der Waals surface area (Å²) in [4.78, 5) is 4.05. The highest BCUT2D eigenvalue weighted by Crippen LogP contribution is 2.19. The van der Waals surface area contributed by atoms with Crippen molar-refractivity contribution in [2.75, 3.05) is 6.54 Å². The van der Waals surface area contributed by atoms with Gasteiger partial charge in [0.15, 0.2) is 11.1 Å². The first-order valence-electron chi connectivity index (χ1n) is 4.25. The summed E-state index contributed by atoms with van der Waals surface area (Å²) in [6, 6.07) is 4.69. The summed E-state index contributed by atoms with van der Waals surface area (Å²) in [5.74, 6) is 0.191. The average Bonchev–Trinajstić information content (AvgIpc) is 2.46. The van der Waals surface area contributed by atoms with Crippen molar-refractivity contribution in [3.63, 3.8) is 0 Å². The second-order valence-electron chi connectivity index (χ2n) is 2.93. The number of aromatic nitrogens is 2. The van der Waals surface area contributed by atoms with E-state index in [4.69, 9.17) is 17.3 Å². The van der Waals surface area contributed by atoms with Gasteiger partial charge >= 0.3 is 0 Å². The average molecular weight is 214 g/mol. The fourth-order valence-electron chi connectivity index (χ4n) is 1.42. The van der Waals surface area contributed by atoms with Crippen LogP contribution in [0.5, 0.6) is 0 Å². The predicted octanol–water partition coefficient (Wildman–Crippen LogP) is 1.63. The number of hydrogen-bond donors (Lipinski definition) is 1. The Balaban J connectivity index is 2.72. The van der Waals surface area contributed by atoms with E-state index in [1.807, 2.05) is 0 Å². The lowest BCUT2D eigenvalue weighted by molar-refractivity contribution is 0.557. The highest BCUT2D eigenvalue weighted by Gasteiger charge is 2.10. The standard InChI is InChI=1S/C9H9ClFN3/c10-9-6-2-1-3-7(11)14(6)8(13-9)4-5-12/h1-3H,4-5,12H2. The van der Waals surface area contributed by atoms with Gasteiger partial charge in [-0.1, -0.05) is 17.7 Å². The maximum atomic E-state index is 13.4. The Morgan fingerprint density at radius 1 is 1.50 bits per heavy atom. The molecule has 2 aromatic heterocycles. The molecule has 14 heavy (non-hydrogen) atoms. The van der Waals surface area contributed by atoms with E-state index in [-0.39, 0.29) is 5.95 Å². The van der Waals surface area contributed by atoms with Crippen molar-refractivity contribution in [3.05, 3.63) is 35.1 Å². The van der Waals surface area contributed by atoms with Crippen LogP contribution in [0.3, 0.4) is 0 Å². The van der Waals surface area contributed by atoms with Gasteiger partial charge < -0.3 is 5.73 Å². The number of fused-ring (bicyclic) bond motifs is 1. The van der Waals surface area contributed by atoms with Crippen LogP contribution in [0, 0.1) is 5.95 Å². The molecule has 2 rings (SSSR count). The lowest BCUT2D eigenvalue weighted by atomic mass is 10.4. The number of halogens is 2. The van der Waals surface area contributed by atoms with Gasteiger partial charge in [0.1, 0.15) is 5.82 Å². The Labute approximate surface area is 85.3 Å². The van der Waals surface area contributed by atoms with Gasteiger partial charge in [-0.05, 0) is 18.7 Å². The third-order valence-corrected chi connectivity index (χ3v) is 2.29. The molecule has 0 fully saturated rings. The van der Waals surface area contributed by atoms with Crippen molar-refractivity contribution in [3.8, 4) is 0 Å². The Hall–Kier alpha value is -1.13. The lowest BCUT2D eigenvalue weighted by Crippen LogP contribution is -2.07. The molecule has 74 valence electrons. The molecule has 0 radical (unpaired) electrons. The minimum absolute atomic E-state index is 0.313. The van der Waals surface area contributed by atoms with Crippen LogP contribution in [-0.2, 0) is 6.42 Å². The quantitative estimate of drug-likeness (QED) is 0.771. The van der Waals surface area contributed by atoms with E-state index in [2.05, 4.69) is 4.98 Å². The monoisotopic (exact) mass is 213 g/mol. The maximum Gasteiger partial charge on any atom is 0.199 e. The van der Waals surface area contributed by atoms with E-state index in [9.17, 15) is 4.39 Å². The normalized spacial score (nSPS) is 11.1. The molecule has 0 amide bonds. The summed E-state index contributed by atoms with van der Waals surface area (Å²) in [5.41, 5.74) is 5.97. The molecular formula is C9H9ClFN3. The van der Waals surface area contributed by atoms with Gasteiger partial charge in [0.25, 0.3) is 0 Å². The number of rotatable bonds is 2. The number of hydrogen-bond acceptors (Lipinski definition) is 2. The van der Waals surface area contributed by atoms with Gasteiger partial charge in [-0.3, -0.25) is 4.40 Å². The fraction of sp³-hybridized carbons (Fsp3) is 0.222. The zero-order valence-electron chi connectivity index (χ0n) is 7.37. The summed E-state index contributed by atoms with van der Waals surface area (Å²) >= 11 is 5.85. The van der Waals surface area contributed by atoms with Crippen LogP contribution in [-0.4, -0.2) is 15.9 Å². The van der Waals surface area contributed by atoms with Crippen molar-refractivity contribution in [2.45, 2.75) is 6.42 Å². The molecule has 0 atom stereocenters. The van der Waals surface area contributed by atoms with Gasteiger partial charge in [-0.25, -0.2) is 4.98 Å². The molecule has 0 spiro atoms. The Morgan fingerprint density at radius 2 is 2.29 bits per heavy atom. The largest absolute Gasteiger partial charge is 0.330 e. The Morgan fingerprint density at radius 3 is 3.00 bits per heavy atom. The summed E-state index contributed by atoms with van der Waals surface area (Å²) in [7, 11) is 0. The van der Waals surface area contributed by atoms with E-state index in [1.165, 1.54) is 10.5 Å². The van der Waals surface area contributed by atoms with Crippen molar-refractivity contribution < 1.29 is 4.39 Å². The molecule has 2 aromatic rings. The van der Waals surface area contributed by atoms with Crippen LogP contribution < -0.4 is 5.73 Å². The van der Waals surface area contributed by atoms with Crippen molar-refractivity contribution in [1.82, 2.24) is 9.38 Å². The first kappa shape index (κ1) is 9.43. The van der Waals surface area contributed by atoms with Gasteiger partial charge in [0.05, 0.1) is 5.52 Å². The van der Waals surface area contributed by atoms with Crippen molar-refractivity contribution in [2.24, 2.45) is 5.73 Å². The van der Waals surface area contributed by atoms with Crippen LogP contribution in [0.25, 0.3) is 5.52 Å². The van der Waals surface area contributed by atoms with Gasteiger partial charge in [0, 0.05) is 6.42 Å². The number of nitrogens with zero attached hydrogens (tertiary/aromatic N) is 2. The topological polar surface area (TPSA) is 43.3 Å². The van der Waals surface area contributed by atoms with Crippen LogP contribution in [0.4, 0.5) is 4.39 Å². The third kappa shape index (κ3) is 1.36. The van der Waals surface area contributed by atoms with Crippen LogP contribution >= 0.6 is 11.6 Å². The molecule has 3 nitrogen and oxygen atoms in total. The molecule has 0 aliphatic carbocycles. The van der Waals surface area contributed by atoms with Crippen molar-refractivity contribution in [1.29, 1.82) is 0 Å². The zero-order valence-corrected chi connectivity index (χ0v) is 8.13. The molecule has 0 aromatic carbocycles. The number of pyridine rings is 1. The zero-order chi connectivity index (χ0) is 10.1. The fourth-order valence-corrected chi connectivity index (χ4v) is 1.67. The van der Waals surface area contributed by atoms with Crippen molar-refractivity contribution >= 4 is 17.1 Å². The Kier molecular flexibility index (Phi) is 2.39. The summed E-state index contributed by atoms with van der Waals surface area (Å²) in [5, 5.41) is 0.313. The molecular weight excluding hydrogens is 205 g/mol. The molecule has 2 N–H and O–H groups in total. The second-order valence-corrected chi connectivity index (χ2v) is 3.28. The maximum absolute atomic E-state index is 13.4. The smallest absolute Gasteiger partial charge is 0.199 e. The highest BCUT2D eigenvalue weighted by molar-refractivity contribution is 6.32. The molecule has 0 aliphatic heterocycles. The molecule has 0 saturated carbocycles. The molecule has 2 heterocycles. The predicted molar refractivity (Wildman–Crippen MR) is 52.9 cm³/mol. The summed E-state index contributed by atoms with van der Waals surface area (Å²) in [6.45, 7) is 0.420. The SMILES string of the molecule is NCCc1nc(Cl)c2cccc(F)n12. The van der Waals surface area contributed by atoms with E-state index >= 15 is 0 Å². The van der Waals surface area contributed by atoms with Gasteiger partial charge in [-0.2, -0.15) is 4.39 Å². The summed E-state index contributed by atoms with van der Waals surface area (Å²) in [6.07, 6.45) is 0.509. The van der Waals surface area contributed by atoms with E-state index < -0.39 is 0 Å². The van der Waals surface area contributed by atoms with Crippen LogP contribution in [0.15, 0.2) is 18.2 Å². The van der Waals surface area contributed by atoms with Crippen LogP contribution in [0.2, 0.25) is 5.15 Å². The number of nitrogens with two attached hydrogens (primary N) is 1. The minimum Gasteiger partial charge on any atom is -0.330 e. The van der Waals surface area contributed by atoms with E-state index in [0.29, 0.717) is 29.5 Å². The molecule has 0 aliphatic rings.